The molecule has 1 aromatic carbocycles. The van der Waals surface area contributed by atoms with Crippen LogP contribution in [-0.4, -0.2) is 29.3 Å². The first kappa shape index (κ1) is 11.3. The van der Waals surface area contributed by atoms with E-state index >= 15 is 0 Å². The molecule has 3 rings (SSSR count). The van der Waals surface area contributed by atoms with E-state index in [9.17, 15) is 5.11 Å². The van der Waals surface area contributed by atoms with Gasteiger partial charge in [0.05, 0.1) is 0 Å². The molecule has 0 bridgehead atoms. The average Bonchev–Trinajstić information content (AvgIpc) is 2.41. The first-order valence-electron chi connectivity index (χ1n) is 6.28. The zero-order chi connectivity index (χ0) is 12.4. The molecule has 0 unspecified atom stereocenters. The van der Waals surface area contributed by atoms with Crippen LogP contribution in [0.1, 0.15) is 12.8 Å². The number of aromatic nitrogens is 1. The maximum Gasteiger partial charge on any atom is 0.221 e. The third kappa shape index (κ3) is 2.24. The molecular weight excluding hydrogens is 228 g/mol. The van der Waals surface area contributed by atoms with Crippen molar-refractivity contribution < 1.29 is 9.84 Å². The van der Waals surface area contributed by atoms with E-state index in [0.29, 0.717) is 5.88 Å². The van der Waals surface area contributed by atoms with Gasteiger partial charge in [0.15, 0.2) is 0 Å². The summed E-state index contributed by atoms with van der Waals surface area (Å²) in [5.41, 5.74) is 0. The standard InChI is InChI=1S/C14H16N2O2/c17-11-4-3-10-5-7-16-14(13(10)8-11)18-12-2-1-6-15-9-12/h3-5,7-8,12,15,17H,1-2,6,9H2/t12-/m0/s1. The predicted molar refractivity (Wildman–Crippen MR) is 69.9 cm³/mol. The Hall–Kier alpha value is -1.81. The fraction of sp³-hybridized carbons (Fsp3) is 0.357. The van der Waals surface area contributed by atoms with E-state index in [1.807, 2.05) is 12.1 Å². The summed E-state index contributed by atoms with van der Waals surface area (Å²) in [7, 11) is 0. The second-order valence-corrected chi connectivity index (χ2v) is 4.61. The van der Waals surface area contributed by atoms with Gasteiger partial charge in [0.2, 0.25) is 5.88 Å². The normalized spacial score (nSPS) is 19.9. The number of phenols is 1. The molecule has 2 aromatic rings. The van der Waals surface area contributed by atoms with Crippen molar-refractivity contribution in [1.29, 1.82) is 0 Å². The Morgan fingerprint density at radius 2 is 2.28 bits per heavy atom. The van der Waals surface area contributed by atoms with Crippen molar-refractivity contribution in [3.8, 4) is 11.6 Å². The van der Waals surface area contributed by atoms with E-state index in [1.54, 1.807) is 18.3 Å². The third-order valence-electron chi connectivity index (χ3n) is 3.24. The minimum Gasteiger partial charge on any atom is -0.508 e. The maximum atomic E-state index is 9.56. The number of piperidine rings is 1. The van der Waals surface area contributed by atoms with Gasteiger partial charge in [-0.05, 0) is 43.0 Å². The Morgan fingerprint density at radius 3 is 3.11 bits per heavy atom. The number of pyridine rings is 1. The third-order valence-corrected chi connectivity index (χ3v) is 3.24. The molecule has 2 heterocycles. The van der Waals surface area contributed by atoms with Gasteiger partial charge in [-0.2, -0.15) is 0 Å². The maximum absolute atomic E-state index is 9.56. The smallest absolute Gasteiger partial charge is 0.221 e. The molecule has 1 aromatic heterocycles. The highest BCUT2D eigenvalue weighted by atomic mass is 16.5. The number of hydrogen-bond acceptors (Lipinski definition) is 4. The molecule has 2 N–H and O–H groups in total. The number of ether oxygens (including phenoxy) is 1. The van der Waals surface area contributed by atoms with Crippen molar-refractivity contribution >= 4 is 10.8 Å². The molecule has 1 aliphatic rings. The molecule has 4 heteroatoms. The van der Waals surface area contributed by atoms with Crippen molar-refractivity contribution in [2.75, 3.05) is 13.1 Å². The Labute approximate surface area is 106 Å². The van der Waals surface area contributed by atoms with Gasteiger partial charge in [0.1, 0.15) is 11.9 Å². The molecule has 0 spiro atoms. The Morgan fingerprint density at radius 1 is 1.33 bits per heavy atom. The quantitative estimate of drug-likeness (QED) is 0.849. The molecule has 4 nitrogen and oxygen atoms in total. The van der Waals surface area contributed by atoms with Crippen LogP contribution in [0.4, 0.5) is 0 Å². The fourth-order valence-corrected chi connectivity index (χ4v) is 2.30. The Balaban J connectivity index is 1.92. The van der Waals surface area contributed by atoms with E-state index < -0.39 is 0 Å². The molecule has 1 aliphatic heterocycles. The van der Waals surface area contributed by atoms with E-state index in [2.05, 4.69) is 10.3 Å². The van der Waals surface area contributed by atoms with Crippen LogP contribution in [0.2, 0.25) is 0 Å². The van der Waals surface area contributed by atoms with Crippen molar-refractivity contribution in [3.05, 3.63) is 30.5 Å². The lowest BCUT2D eigenvalue weighted by atomic mass is 10.1. The van der Waals surface area contributed by atoms with E-state index in [4.69, 9.17) is 4.74 Å². The number of hydrogen-bond donors (Lipinski definition) is 2. The van der Waals surface area contributed by atoms with Gasteiger partial charge in [0.25, 0.3) is 0 Å². The molecule has 94 valence electrons. The lowest BCUT2D eigenvalue weighted by Crippen LogP contribution is -2.37. The van der Waals surface area contributed by atoms with Gasteiger partial charge in [0, 0.05) is 18.1 Å². The van der Waals surface area contributed by atoms with Crippen LogP contribution in [0.5, 0.6) is 11.6 Å². The highest BCUT2D eigenvalue weighted by Gasteiger charge is 2.16. The van der Waals surface area contributed by atoms with Crippen LogP contribution < -0.4 is 10.1 Å². The second kappa shape index (κ2) is 4.82. The number of nitrogens with zero attached hydrogens (tertiary/aromatic N) is 1. The molecule has 18 heavy (non-hydrogen) atoms. The molecule has 0 aliphatic carbocycles. The monoisotopic (exact) mass is 244 g/mol. The van der Waals surface area contributed by atoms with Crippen LogP contribution in [0.25, 0.3) is 10.8 Å². The predicted octanol–water partition coefficient (Wildman–Crippen LogP) is 2.07. The molecule has 1 atom stereocenters. The lowest BCUT2D eigenvalue weighted by Gasteiger charge is -2.23. The number of phenolic OH excluding ortho intramolecular Hbond substituents is 1. The largest absolute Gasteiger partial charge is 0.508 e. The highest BCUT2D eigenvalue weighted by molar-refractivity contribution is 5.87. The van der Waals surface area contributed by atoms with Gasteiger partial charge < -0.3 is 15.2 Å². The van der Waals surface area contributed by atoms with Crippen LogP contribution in [0.15, 0.2) is 30.5 Å². The van der Waals surface area contributed by atoms with Crippen LogP contribution in [0.3, 0.4) is 0 Å². The number of fused-ring (bicyclic) bond motifs is 1. The zero-order valence-electron chi connectivity index (χ0n) is 10.1. The zero-order valence-corrected chi connectivity index (χ0v) is 10.1. The number of rotatable bonds is 2. The highest BCUT2D eigenvalue weighted by Crippen LogP contribution is 2.27. The van der Waals surface area contributed by atoms with E-state index in [0.717, 1.165) is 36.7 Å². The minimum absolute atomic E-state index is 0.166. The molecule has 0 amide bonds. The van der Waals surface area contributed by atoms with Gasteiger partial charge in [-0.3, -0.25) is 0 Å². The Bertz CT molecular complexity index is 550. The van der Waals surface area contributed by atoms with Crippen LogP contribution in [-0.2, 0) is 0 Å². The van der Waals surface area contributed by atoms with Gasteiger partial charge in [-0.1, -0.05) is 6.07 Å². The summed E-state index contributed by atoms with van der Waals surface area (Å²) >= 11 is 0. The topological polar surface area (TPSA) is 54.4 Å². The fourth-order valence-electron chi connectivity index (χ4n) is 2.30. The first-order valence-corrected chi connectivity index (χ1v) is 6.28. The summed E-state index contributed by atoms with van der Waals surface area (Å²) in [4.78, 5) is 4.28. The summed E-state index contributed by atoms with van der Waals surface area (Å²) in [5, 5.41) is 14.8. The number of benzene rings is 1. The summed E-state index contributed by atoms with van der Waals surface area (Å²) in [6.45, 7) is 1.92. The first-order chi connectivity index (χ1) is 8.83. The number of aromatic hydroxyl groups is 1. The van der Waals surface area contributed by atoms with E-state index in [1.165, 1.54) is 0 Å². The Kier molecular flexibility index (Phi) is 3.02. The van der Waals surface area contributed by atoms with Gasteiger partial charge in [-0.25, -0.2) is 4.98 Å². The summed E-state index contributed by atoms with van der Waals surface area (Å²) in [6, 6.07) is 7.17. The summed E-state index contributed by atoms with van der Waals surface area (Å²) in [6.07, 6.45) is 4.08. The molecule has 1 saturated heterocycles. The van der Waals surface area contributed by atoms with Crippen LogP contribution in [0, 0.1) is 0 Å². The molecule has 0 radical (unpaired) electrons. The van der Waals surface area contributed by atoms with Gasteiger partial charge in [-0.15, -0.1) is 0 Å². The van der Waals surface area contributed by atoms with Crippen molar-refractivity contribution in [1.82, 2.24) is 10.3 Å². The minimum atomic E-state index is 0.166. The molecule has 0 saturated carbocycles. The van der Waals surface area contributed by atoms with Crippen LogP contribution >= 0.6 is 0 Å². The summed E-state index contributed by atoms with van der Waals surface area (Å²) < 4.78 is 5.94. The molecule has 1 fully saturated rings. The average molecular weight is 244 g/mol. The van der Waals surface area contributed by atoms with Gasteiger partial charge >= 0.3 is 0 Å². The van der Waals surface area contributed by atoms with Crippen molar-refractivity contribution in [3.63, 3.8) is 0 Å². The SMILES string of the molecule is Oc1ccc2ccnc(O[C@H]3CCCNC3)c2c1. The second-order valence-electron chi connectivity index (χ2n) is 4.61. The van der Waals surface area contributed by atoms with Crippen molar-refractivity contribution in [2.45, 2.75) is 18.9 Å². The summed E-state index contributed by atoms with van der Waals surface area (Å²) in [5.74, 6) is 0.846. The number of nitrogens with one attached hydrogen (secondary N) is 1. The molecular formula is C14H16N2O2. The van der Waals surface area contributed by atoms with Crippen molar-refractivity contribution in [2.24, 2.45) is 0 Å². The van der Waals surface area contributed by atoms with E-state index in [-0.39, 0.29) is 11.9 Å². The lowest BCUT2D eigenvalue weighted by molar-refractivity contribution is 0.163.